The fourth-order valence-corrected chi connectivity index (χ4v) is 3.12. The van der Waals surface area contributed by atoms with Crippen molar-refractivity contribution in [3.63, 3.8) is 0 Å². The summed E-state index contributed by atoms with van der Waals surface area (Å²) in [5.74, 6) is 0.165. The lowest BCUT2D eigenvalue weighted by molar-refractivity contribution is -0.119. The minimum absolute atomic E-state index is 0.165. The molecule has 124 valence electrons. The van der Waals surface area contributed by atoms with Gasteiger partial charge in [-0.1, -0.05) is 6.07 Å². The molecular weight excluding hydrogens is 292 g/mol. The van der Waals surface area contributed by atoms with E-state index in [1.54, 1.807) is 4.90 Å². The van der Waals surface area contributed by atoms with Crippen molar-refractivity contribution in [1.29, 1.82) is 0 Å². The van der Waals surface area contributed by atoms with Crippen molar-refractivity contribution >= 4 is 23.4 Å². The monoisotopic (exact) mass is 316 g/mol. The number of hydrogen-bond acceptors (Lipinski definition) is 3. The van der Waals surface area contributed by atoms with Crippen LogP contribution in [0, 0.1) is 0 Å². The summed E-state index contributed by atoms with van der Waals surface area (Å²) in [7, 11) is 0. The van der Waals surface area contributed by atoms with Gasteiger partial charge >= 0.3 is 6.09 Å². The summed E-state index contributed by atoms with van der Waals surface area (Å²) in [6.07, 6.45) is 3.09. The molecule has 0 radical (unpaired) electrons. The summed E-state index contributed by atoms with van der Waals surface area (Å²) < 4.78 is 5.49. The summed E-state index contributed by atoms with van der Waals surface area (Å²) in [5.41, 5.74) is 2.36. The Balaban J connectivity index is 1.85. The van der Waals surface area contributed by atoms with Crippen LogP contribution in [-0.4, -0.2) is 30.7 Å². The molecule has 0 aliphatic carbocycles. The van der Waals surface area contributed by atoms with Crippen LogP contribution < -0.4 is 9.80 Å². The van der Waals surface area contributed by atoms with Crippen molar-refractivity contribution in [1.82, 2.24) is 0 Å². The van der Waals surface area contributed by atoms with Gasteiger partial charge in [0.15, 0.2) is 0 Å². The van der Waals surface area contributed by atoms with Crippen molar-refractivity contribution in [3.8, 4) is 0 Å². The number of carbonyl (C=O) groups excluding carboxylic acids is 2. The van der Waals surface area contributed by atoms with Gasteiger partial charge in [-0.05, 0) is 57.7 Å². The zero-order valence-electron chi connectivity index (χ0n) is 14.1. The van der Waals surface area contributed by atoms with Gasteiger partial charge in [-0.15, -0.1) is 0 Å². The van der Waals surface area contributed by atoms with Crippen molar-refractivity contribution in [2.24, 2.45) is 0 Å². The van der Waals surface area contributed by atoms with Crippen LogP contribution in [-0.2, 0) is 16.0 Å². The Morgan fingerprint density at radius 2 is 1.91 bits per heavy atom. The number of anilines is 2. The third-order valence-electron chi connectivity index (χ3n) is 4.21. The summed E-state index contributed by atoms with van der Waals surface area (Å²) >= 11 is 0. The molecule has 0 spiro atoms. The lowest BCUT2D eigenvalue weighted by Gasteiger charge is -2.28. The van der Waals surface area contributed by atoms with Crippen LogP contribution in [0.3, 0.4) is 0 Å². The fraction of sp³-hybridized carbons (Fsp3) is 0.556. The Morgan fingerprint density at radius 3 is 2.61 bits per heavy atom. The first-order chi connectivity index (χ1) is 10.8. The number of rotatable bonds is 1. The van der Waals surface area contributed by atoms with Crippen LogP contribution >= 0.6 is 0 Å². The molecular formula is C18H24N2O3. The summed E-state index contributed by atoms with van der Waals surface area (Å²) in [5, 5.41) is 0. The van der Waals surface area contributed by atoms with Gasteiger partial charge in [-0.2, -0.15) is 0 Å². The van der Waals surface area contributed by atoms with E-state index in [1.165, 1.54) is 0 Å². The predicted octanol–water partition coefficient (Wildman–Crippen LogP) is 3.50. The molecule has 23 heavy (non-hydrogen) atoms. The average molecular weight is 316 g/mol. The van der Waals surface area contributed by atoms with Gasteiger partial charge < -0.3 is 9.64 Å². The maximum atomic E-state index is 12.4. The van der Waals surface area contributed by atoms with E-state index in [-0.39, 0.29) is 12.0 Å². The van der Waals surface area contributed by atoms with Crippen LogP contribution in [0.5, 0.6) is 0 Å². The van der Waals surface area contributed by atoms with E-state index in [1.807, 2.05) is 43.9 Å². The van der Waals surface area contributed by atoms with E-state index in [9.17, 15) is 9.59 Å². The third kappa shape index (κ3) is 3.33. The highest BCUT2D eigenvalue weighted by Gasteiger charge is 2.30. The first kappa shape index (κ1) is 15.8. The molecule has 1 aromatic rings. The zero-order chi connectivity index (χ0) is 16.6. The Labute approximate surface area is 137 Å². The molecule has 0 unspecified atom stereocenters. The standard InChI is InChI=1S/C18H24N2O3/c1-18(2,3)23-17(22)20-11-9-13-7-8-14(12-15(13)20)19-10-5-4-6-16(19)21/h7-8,12H,4-6,9-11H2,1-3H3. The number of piperidine rings is 1. The SMILES string of the molecule is CC(C)(C)OC(=O)N1CCc2ccc(N3CCCCC3=O)cc21. The molecule has 1 saturated heterocycles. The highest BCUT2D eigenvalue weighted by atomic mass is 16.6. The van der Waals surface area contributed by atoms with Gasteiger partial charge in [0.1, 0.15) is 5.60 Å². The number of ether oxygens (including phenoxy) is 1. The van der Waals surface area contributed by atoms with Gasteiger partial charge in [0.2, 0.25) is 5.91 Å². The van der Waals surface area contributed by atoms with Gasteiger partial charge in [-0.3, -0.25) is 9.69 Å². The second-order valence-electron chi connectivity index (χ2n) is 7.20. The largest absolute Gasteiger partial charge is 0.443 e. The summed E-state index contributed by atoms with van der Waals surface area (Å²) in [6.45, 7) is 6.98. The number of nitrogens with zero attached hydrogens (tertiary/aromatic N) is 2. The fourth-order valence-electron chi connectivity index (χ4n) is 3.12. The van der Waals surface area contributed by atoms with Crippen LogP contribution in [0.25, 0.3) is 0 Å². The van der Waals surface area contributed by atoms with E-state index in [4.69, 9.17) is 4.74 Å². The minimum Gasteiger partial charge on any atom is -0.443 e. The van der Waals surface area contributed by atoms with E-state index < -0.39 is 5.60 Å². The van der Waals surface area contributed by atoms with Crippen LogP contribution in [0.15, 0.2) is 18.2 Å². The maximum absolute atomic E-state index is 12.4. The van der Waals surface area contributed by atoms with Crippen molar-refractivity contribution in [2.75, 3.05) is 22.9 Å². The molecule has 0 aromatic heterocycles. The van der Waals surface area contributed by atoms with E-state index in [2.05, 4.69) is 0 Å². The van der Waals surface area contributed by atoms with Crippen molar-refractivity contribution in [2.45, 2.75) is 52.1 Å². The molecule has 1 aromatic carbocycles. The molecule has 0 N–H and O–H groups in total. The third-order valence-corrected chi connectivity index (χ3v) is 4.21. The molecule has 0 atom stereocenters. The number of fused-ring (bicyclic) bond motifs is 1. The molecule has 2 amide bonds. The summed E-state index contributed by atoms with van der Waals surface area (Å²) in [6, 6.07) is 5.97. The molecule has 0 bridgehead atoms. The maximum Gasteiger partial charge on any atom is 0.414 e. The Morgan fingerprint density at radius 1 is 1.13 bits per heavy atom. The normalized spacial score (nSPS) is 18.1. The number of carbonyl (C=O) groups is 2. The van der Waals surface area contributed by atoms with Crippen molar-refractivity contribution in [3.05, 3.63) is 23.8 Å². The minimum atomic E-state index is -0.514. The average Bonchev–Trinajstić information content (AvgIpc) is 2.89. The molecule has 5 nitrogen and oxygen atoms in total. The van der Waals surface area contributed by atoms with E-state index in [0.717, 1.165) is 42.7 Å². The molecule has 3 rings (SSSR count). The lowest BCUT2D eigenvalue weighted by atomic mass is 10.1. The molecule has 2 aliphatic rings. The van der Waals surface area contributed by atoms with E-state index >= 15 is 0 Å². The van der Waals surface area contributed by atoms with Crippen LogP contribution in [0.4, 0.5) is 16.2 Å². The number of hydrogen-bond donors (Lipinski definition) is 0. The summed E-state index contributed by atoms with van der Waals surface area (Å²) in [4.78, 5) is 28.0. The quantitative estimate of drug-likeness (QED) is 0.797. The van der Waals surface area contributed by atoms with Gasteiger partial charge in [-0.25, -0.2) is 4.79 Å². The highest BCUT2D eigenvalue weighted by Crippen LogP contribution is 2.34. The van der Waals surface area contributed by atoms with E-state index in [0.29, 0.717) is 13.0 Å². The second-order valence-corrected chi connectivity index (χ2v) is 7.20. The van der Waals surface area contributed by atoms with Crippen LogP contribution in [0.1, 0.15) is 45.6 Å². The zero-order valence-corrected chi connectivity index (χ0v) is 14.1. The number of benzene rings is 1. The Bertz CT molecular complexity index is 634. The molecule has 5 heteroatoms. The Kier molecular flexibility index (Phi) is 4.04. The first-order valence-corrected chi connectivity index (χ1v) is 8.29. The Hall–Kier alpha value is -2.04. The number of amides is 2. The molecule has 0 saturated carbocycles. The first-order valence-electron chi connectivity index (χ1n) is 8.29. The second kappa shape index (κ2) is 5.87. The molecule has 2 aliphatic heterocycles. The smallest absolute Gasteiger partial charge is 0.414 e. The topological polar surface area (TPSA) is 49.9 Å². The predicted molar refractivity (Wildman–Crippen MR) is 89.9 cm³/mol. The highest BCUT2D eigenvalue weighted by molar-refractivity contribution is 5.96. The van der Waals surface area contributed by atoms with Gasteiger partial charge in [0.05, 0.1) is 5.69 Å². The molecule has 2 heterocycles. The van der Waals surface area contributed by atoms with Gasteiger partial charge in [0.25, 0.3) is 0 Å². The molecule has 1 fully saturated rings. The van der Waals surface area contributed by atoms with Gasteiger partial charge in [0, 0.05) is 25.2 Å². The lowest BCUT2D eigenvalue weighted by Crippen LogP contribution is -2.36. The van der Waals surface area contributed by atoms with Crippen molar-refractivity contribution < 1.29 is 14.3 Å². The van der Waals surface area contributed by atoms with Crippen LogP contribution in [0.2, 0.25) is 0 Å².